The van der Waals surface area contributed by atoms with Crippen LogP contribution in [0.15, 0.2) is 42.7 Å². The Morgan fingerprint density at radius 2 is 1.62 bits per heavy atom. The molecule has 2 aromatic rings. The van der Waals surface area contributed by atoms with Gasteiger partial charge in [0, 0.05) is 63.4 Å². The van der Waals surface area contributed by atoms with E-state index in [0.29, 0.717) is 38.1 Å². The molecule has 3 amide bonds. The van der Waals surface area contributed by atoms with Gasteiger partial charge in [0.05, 0.1) is 0 Å². The molecule has 2 saturated heterocycles. The topological polar surface area (TPSA) is 74.8 Å². The molecule has 0 aliphatic carbocycles. The van der Waals surface area contributed by atoms with Gasteiger partial charge in [-0.2, -0.15) is 0 Å². The lowest BCUT2D eigenvalue weighted by Crippen LogP contribution is -2.42. The van der Waals surface area contributed by atoms with E-state index in [-0.39, 0.29) is 11.9 Å². The van der Waals surface area contributed by atoms with Gasteiger partial charge in [-0.15, -0.1) is 0 Å². The predicted molar refractivity (Wildman–Crippen MR) is 121 cm³/mol. The van der Waals surface area contributed by atoms with Gasteiger partial charge in [-0.3, -0.25) is 9.78 Å². The number of amides is 3. The third-order valence-electron chi connectivity index (χ3n) is 7.02. The molecular formula is C25H30N4O3. The van der Waals surface area contributed by atoms with Crippen molar-refractivity contribution in [3.05, 3.63) is 59.4 Å². The fourth-order valence-corrected chi connectivity index (χ4v) is 5.04. The highest BCUT2D eigenvalue weighted by atomic mass is 16.5. The van der Waals surface area contributed by atoms with Crippen molar-refractivity contribution in [1.82, 2.24) is 14.8 Å². The summed E-state index contributed by atoms with van der Waals surface area (Å²) in [4.78, 5) is 33.4. The van der Waals surface area contributed by atoms with Crippen molar-refractivity contribution < 1.29 is 14.3 Å². The van der Waals surface area contributed by atoms with Crippen LogP contribution in [0.2, 0.25) is 0 Å². The summed E-state index contributed by atoms with van der Waals surface area (Å²) in [6.45, 7) is 4.27. The first-order valence-electron chi connectivity index (χ1n) is 11.6. The number of carbonyl (C=O) groups excluding carboxylic acids is 2. The van der Waals surface area contributed by atoms with Crippen LogP contribution in [0.25, 0.3) is 0 Å². The van der Waals surface area contributed by atoms with Gasteiger partial charge < -0.3 is 19.9 Å². The van der Waals surface area contributed by atoms with Crippen molar-refractivity contribution in [2.45, 2.75) is 44.7 Å². The highest BCUT2D eigenvalue weighted by Gasteiger charge is 2.30. The zero-order valence-corrected chi connectivity index (χ0v) is 18.3. The number of nitrogens with one attached hydrogen (secondary N) is 1. The van der Waals surface area contributed by atoms with Crippen LogP contribution < -0.4 is 5.32 Å². The number of anilines is 1. The smallest absolute Gasteiger partial charge is 0.322 e. The number of ether oxygens (including phenoxy) is 1. The minimum Gasteiger partial charge on any atom is -0.381 e. The number of carbonyl (C=O) groups is 2. The Bertz CT molecular complexity index is 938. The van der Waals surface area contributed by atoms with Crippen LogP contribution in [0.5, 0.6) is 0 Å². The number of aromatic nitrogens is 1. The lowest BCUT2D eigenvalue weighted by atomic mass is 9.88. The number of rotatable bonds is 3. The summed E-state index contributed by atoms with van der Waals surface area (Å²) in [6.07, 6.45) is 7.28. The van der Waals surface area contributed by atoms with Crippen LogP contribution in [0, 0.1) is 5.92 Å². The normalized spacial score (nSPS) is 19.6. The van der Waals surface area contributed by atoms with E-state index in [1.807, 2.05) is 29.3 Å². The lowest BCUT2D eigenvalue weighted by Gasteiger charge is -2.35. The van der Waals surface area contributed by atoms with Crippen LogP contribution in [0.1, 0.15) is 48.3 Å². The molecule has 0 unspecified atom stereocenters. The van der Waals surface area contributed by atoms with Crippen molar-refractivity contribution >= 4 is 17.6 Å². The van der Waals surface area contributed by atoms with Crippen molar-refractivity contribution in [2.24, 2.45) is 5.92 Å². The second-order valence-corrected chi connectivity index (χ2v) is 9.04. The van der Waals surface area contributed by atoms with E-state index < -0.39 is 0 Å². The maximum absolute atomic E-state index is 12.7. The summed E-state index contributed by atoms with van der Waals surface area (Å²) in [5.74, 6) is 0.909. The Morgan fingerprint density at radius 1 is 0.906 bits per heavy atom. The van der Waals surface area contributed by atoms with E-state index in [2.05, 4.69) is 22.4 Å². The van der Waals surface area contributed by atoms with Gasteiger partial charge in [0.1, 0.15) is 0 Å². The van der Waals surface area contributed by atoms with E-state index in [1.165, 1.54) is 5.56 Å². The molecule has 168 valence electrons. The van der Waals surface area contributed by atoms with Crippen LogP contribution in [-0.4, -0.2) is 53.0 Å². The first-order valence-corrected chi connectivity index (χ1v) is 11.6. The second-order valence-electron chi connectivity index (χ2n) is 9.04. The Morgan fingerprint density at radius 3 is 2.34 bits per heavy atom. The van der Waals surface area contributed by atoms with Crippen molar-refractivity contribution in [3.63, 3.8) is 0 Å². The minimum atomic E-state index is -0.0890. The average molecular weight is 435 g/mol. The molecule has 0 spiro atoms. The second kappa shape index (κ2) is 9.28. The maximum atomic E-state index is 12.7. The van der Waals surface area contributed by atoms with Crippen molar-refractivity contribution in [2.75, 3.05) is 31.6 Å². The van der Waals surface area contributed by atoms with Crippen LogP contribution in [0.3, 0.4) is 0 Å². The summed E-state index contributed by atoms with van der Waals surface area (Å²) in [6, 6.07) is 10.1. The SMILES string of the molecule is O=C(Nc1ccc(C2CCN(C(=O)C3CCOCC3)CC2)cc1)N1Cc2ccncc2C1. The highest BCUT2D eigenvalue weighted by molar-refractivity contribution is 5.89. The molecule has 4 heterocycles. The number of hydrogen-bond donors (Lipinski definition) is 1. The first-order chi connectivity index (χ1) is 15.7. The van der Waals surface area contributed by atoms with Crippen LogP contribution in [0.4, 0.5) is 10.5 Å². The third-order valence-corrected chi connectivity index (χ3v) is 7.02. The molecule has 0 saturated carbocycles. The molecule has 1 aromatic carbocycles. The van der Waals surface area contributed by atoms with E-state index >= 15 is 0 Å². The molecule has 7 heteroatoms. The molecule has 7 nitrogen and oxygen atoms in total. The predicted octanol–water partition coefficient (Wildman–Crippen LogP) is 3.76. The Labute approximate surface area is 188 Å². The van der Waals surface area contributed by atoms with Crippen molar-refractivity contribution in [1.29, 1.82) is 0 Å². The zero-order valence-electron chi connectivity index (χ0n) is 18.3. The molecule has 5 rings (SSSR count). The van der Waals surface area contributed by atoms with Gasteiger partial charge in [0.25, 0.3) is 0 Å². The summed E-state index contributed by atoms with van der Waals surface area (Å²) in [7, 11) is 0. The molecule has 0 bridgehead atoms. The molecule has 2 fully saturated rings. The van der Waals surface area contributed by atoms with Gasteiger partial charge in [-0.25, -0.2) is 4.79 Å². The summed E-state index contributed by atoms with van der Waals surface area (Å²) in [5.41, 5.74) is 4.35. The number of nitrogens with zero attached hydrogens (tertiary/aromatic N) is 3. The van der Waals surface area contributed by atoms with Crippen LogP contribution in [-0.2, 0) is 22.6 Å². The number of pyridine rings is 1. The number of hydrogen-bond acceptors (Lipinski definition) is 4. The molecule has 3 aliphatic rings. The number of urea groups is 1. The fraction of sp³-hybridized carbons (Fsp3) is 0.480. The number of fused-ring (bicyclic) bond motifs is 1. The molecule has 0 atom stereocenters. The van der Waals surface area contributed by atoms with Gasteiger partial charge >= 0.3 is 6.03 Å². The number of piperidine rings is 1. The number of likely N-dealkylation sites (tertiary alicyclic amines) is 1. The van der Waals surface area contributed by atoms with E-state index in [1.54, 1.807) is 11.1 Å². The Balaban J connectivity index is 1.12. The Kier molecular flexibility index (Phi) is 6.08. The molecule has 32 heavy (non-hydrogen) atoms. The van der Waals surface area contributed by atoms with E-state index in [9.17, 15) is 9.59 Å². The molecule has 1 aromatic heterocycles. The maximum Gasteiger partial charge on any atom is 0.322 e. The van der Waals surface area contributed by atoms with E-state index in [4.69, 9.17) is 4.74 Å². The lowest BCUT2D eigenvalue weighted by molar-refractivity contribution is -0.139. The van der Waals surface area contributed by atoms with E-state index in [0.717, 1.165) is 55.6 Å². The van der Waals surface area contributed by atoms with Crippen molar-refractivity contribution in [3.8, 4) is 0 Å². The Hall–Kier alpha value is -2.93. The van der Waals surface area contributed by atoms with Crippen LogP contribution >= 0.6 is 0 Å². The summed E-state index contributed by atoms with van der Waals surface area (Å²) < 4.78 is 5.39. The third kappa shape index (κ3) is 4.48. The monoisotopic (exact) mass is 434 g/mol. The molecule has 0 radical (unpaired) electrons. The van der Waals surface area contributed by atoms with Gasteiger partial charge in [0.15, 0.2) is 0 Å². The van der Waals surface area contributed by atoms with Gasteiger partial charge in [-0.05, 0) is 66.5 Å². The standard InChI is InChI=1S/C25H30N4O3/c30-24(20-8-13-32-14-9-20)28-11-6-19(7-12-28)18-1-3-23(4-2-18)27-25(31)29-16-21-5-10-26-15-22(21)17-29/h1-5,10,15,19-20H,6-9,11-14,16-17H2,(H,27,31). The first kappa shape index (κ1) is 20.9. The summed E-state index contributed by atoms with van der Waals surface area (Å²) >= 11 is 0. The van der Waals surface area contributed by atoms with Gasteiger partial charge in [0.2, 0.25) is 5.91 Å². The largest absolute Gasteiger partial charge is 0.381 e. The molecule has 1 N–H and O–H groups in total. The highest BCUT2D eigenvalue weighted by Crippen LogP contribution is 2.30. The summed E-state index contributed by atoms with van der Waals surface area (Å²) in [5, 5.41) is 3.01. The fourth-order valence-electron chi connectivity index (χ4n) is 5.04. The minimum absolute atomic E-state index is 0.0890. The molecule has 3 aliphatic heterocycles. The molecular weight excluding hydrogens is 404 g/mol. The quantitative estimate of drug-likeness (QED) is 0.798. The average Bonchev–Trinajstić information content (AvgIpc) is 3.29. The van der Waals surface area contributed by atoms with Gasteiger partial charge in [-0.1, -0.05) is 12.1 Å². The zero-order chi connectivity index (χ0) is 21.9. The number of benzene rings is 1.